The third kappa shape index (κ3) is 7.82. The first-order valence-electron chi connectivity index (χ1n) is 16.4. The summed E-state index contributed by atoms with van der Waals surface area (Å²) in [6.45, 7) is 17.3. The molecule has 0 N–H and O–H groups in total. The maximum atomic E-state index is 4.56. The van der Waals surface area contributed by atoms with Crippen LogP contribution in [0.1, 0.15) is 57.1 Å². The zero-order valence-corrected chi connectivity index (χ0v) is 28.3. The second-order valence-electron chi connectivity index (χ2n) is 11.7. The fourth-order valence-electron chi connectivity index (χ4n) is 6.26. The summed E-state index contributed by atoms with van der Waals surface area (Å²) in [5.41, 5.74) is 8.47. The predicted molar refractivity (Wildman–Crippen MR) is 206 cm³/mol. The van der Waals surface area contributed by atoms with Gasteiger partial charge in [0, 0.05) is 0 Å². The van der Waals surface area contributed by atoms with Crippen molar-refractivity contribution in [3.8, 4) is 0 Å². The van der Waals surface area contributed by atoms with Crippen LogP contribution < -0.4 is 10.4 Å². The molecule has 3 aliphatic carbocycles. The van der Waals surface area contributed by atoms with Gasteiger partial charge in [-0.3, -0.25) is 0 Å². The van der Waals surface area contributed by atoms with Crippen LogP contribution in [0.5, 0.6) is 0 Å². The third-order valence-electron chi connectivity index (χ3n) is 8.58. The molecule has 0 amide bonds. The van der Waals surface area contributed by atoms with E-state index >= 15 is 0 Å². The first-order chi connectivity index (χ1) is 22.5. The first kappa shape index (κ1) is 32.9. The Morgan fingerprint density at radius 2 is 1.67 bits per heavy atom. The quantitative estimate of drug-likeness (QED) is 0.194. The molecule has 0 aliphatic heterocycles. The predicted octanol–water partition coefficient (Wildman–Crippen LogP) is 11.7. The zero-order valence-electron chi connectivity index (χ0n) is 27.4. The number of benzene rings is 2. The van der Waals surface area contributed by atoms with Gasteiger partial charge in [0.05, 0.1) is 0 Å². The summed E-state index contributed by atoms with van der Waals surface area (Å²) in [6, 6.07) is 17.9. The highest BCUT2D eigenvalue weighted by Crippen LogP contribution is 2.62. The number of hydrogen-bond acceptors (Lipinski definition) is 0. The smallest absolute Gasteiger partial charge is 0.00820 e. The molecule has 2 aromatic rings. The molecule has 46 heavy (non-hydrogen) atoms. The second-order valence-corrected chi connectivity index (χ2v) is 14.1. The van der Waals surface area contributed by atoms with E-state index in [1.54, 1.807) is 6.08 Å². The molecule has 1 unspecified atom stereocenters. The molecule has 0 heterocycles. The van der Waals surface area contributed by atoms with Crippen LogP contribution in [0.25, 0.3) is 16.7 Å². The van der Waals surface area contributed by atoms with Crippen molar-refractivity contribution in [3.05, 3.63) is 208 Å². The highest BCUT2D eigenvalue weighted by atomic mass is 31.1. The van der Waals surface area contributed by atoms with Crippen molar-refractivity contribution in [2.24, 2.45) is 0 Å². The van der Waals surface area contributed by atoms with E-state index in [2.05, 4.69) is 155 Å². The number of hydrogen-bond donors (Lipinski definition) is 0. The van der Waals surface area contributed by atoms with Gasteiger partial charge >= 0.3 is 0 Å². The van der Waals surface area contributed by atoms with E-state index in [1.807, 2.05) is 12.2 Å². The van der Waals surface area contributed by atoms with Gasteiger partial charge in [-0.15, -0.1) is 0 Å². The van der Waals surface area contributed by atoms with Crippen LogP contribution in [-0.4, -0.2) is 0 Å². The molecule has 230 valence electrons. The Morgan fingerprint density at radius 1 is 0.891 bits per heavy atom. The van der Waals surface area contributed by atoms with Crippen LogP contribution in [0.3, 0.4) is 0 Å². The van der Waals surface area contributed by atoms with Gasteiger partial charge in [-0.05, 0) is 118 Å². The molecular formula is C45H45P. The Morgan fingerprint density at radius 3 is 2.50 bits per heavy atom. The fraction of sp³-hybridized carbons (Fsp3) is 0.156. The minimum atomic E-state index is -0.568. The van der Waals surface area contributed by atoms with Crippen molar-refractivity contribution in [2.75, 3.05) is 0 Å². The lowest BCUT2D eigenvalue weighted by Gasteiger charge is -2.27. The molecule has 0 saturated heterocycles. The molecule has 1 atom stereocenters. The fourth-order valence-corrected chi connectivity index (χ4v) is 8.82. The number of allylic oxidation sites excluding steroid dienone is 21. The summed E-state index contributed by atoms with van der Waals surface area (Å²) in [6.07, 6.45) is 37.7. The van der Waals surface area contributed by atoms with Gasteiger partial charge in [-0.25, -0.2) is 0 Å². The van der Waals surface area contributed by atoms with Crippen molar-refractivity contribution < 1.29 is 0 Å². The molecule has 0 bridgehead atoms. The second kappa shape index (κ2) is 16.2. The topological polar surface area (TPSA) is 0 Å². The highest BCUT2D eigenvalue weighted by molar-refractivity contribution is 7.70. The molecule has 5 rings (SSSR count). The van der Waals surface area contributed by atoms with Gasteiger partial charge in [-0.2, -0.15) is 0 Å². The van der Waals surface area contributed by atoms with Crippen molar-refractivity contribution >= 4 is 24.6 Å². The van der Waals surface area contributed by atoms with Crippen LogP contribution in [0.15, 0.2) is 186 Å². The van der Waals surface area contributed by atoms with Crippen molar-refractivity contribution in [1.82, 2.24) is 0 Å². The molecule has 0 nitrogen and oxygen atoms in total. The Balaban J connectivity index is 1.65. The molecule has 0 spiro atoms. The van der Waals surface area contributed by atoms with Gasteiger partial charge < -0.3 is 0 Å². The monoisotopic (exact) mass is 616 g/mol. The van der Waals surface area contributed by atoms with E-state index in [0.717, 1.165) is 43.3 Å². The molecule has 1 heteroatoms. The molecule has 2 aromatic carbocycles. The van der Waals surface area contributed by atoms with Crippen LogP contribution in [0.4, 0.5) is 0 Å². The lowest BCUT2D eigenvalue weighted by atomic mass is 9.90. The Kier molecular flexibility index (Phi) is 11.6. The van der Waals surface area contributed by atoms with E-state index in [1.165, 1.54) is 54.2 Å². The van der Waals surface area contributed by atoms with E-state index in [-0.39, 0.29) is 0 Å². The lowest BCUT2D eigenvalue weighted by Crippen LogP contribution is -2.30. The van der Waals surface area contributed by atoms with Gasteiger partial charge in [0.2, 0.25) is 0 Å². The van der Waals surface area contributed by atoms with E-state index in [0.29, 0.717) is 0 Å². The van der Waals surface area contributed by atoms with Crippen molar-refractivity contribution in [1.29, 1.82) is 0 Å². The molecule has 0 fully saturated rings. The molecular weight excluding hydrogens is 571 g/mol. The first-order valence-corrected chi connectivity index (χ1v) is 17.7. The average molecular weight is 617 g/mol. The largest absolute Gasteiger partial charge is 0.0991 e. The van der Waals surface area contributed by atoms with Crippen LogP contribution in [0.2, 0.25) is 0 Å². The molecule has 0 aromatic heterocycles. The maximum absolute atomic E-state index is 4.56. The minimum absolute atomic E-state index is 0.568. The Labute approximate surface area is 277 Å². The average Bonchev–Trinajstić information content (AvgIpc) is 3.36. The summed E-state index contributed by atoms with van der Waals surface area (Å²) in [7, 11) is -0.568. The summed E-state index contributed by atoms with van der Waals surface area (Å²) in [5, 5.41) is 6.76. The number of rotatable bonds is 9. The van der Waals surface area contributed by atoms with E-state index < -0.39 is 7.92 Å². The number of fused-ring (bicyclic) bond motifs is 1. The minimum Gasteiger partial charge on any atom is -0.0991 e. The van der Waals surface area contributed by atoms with Crippen molar-refractivity contribution in [3.63, 3.8) is 0 Å². The normalized spacial score (nSPS) is 21.4. The lowest BCUT2D eigenvalue weighted by molar-refractivity contribution is 1.02. The van der Waals surface area contributed by atoms with Crippen LogP contribution in [0, 0.1) is 0 Å². The summed E-state index contributed by atoms with van der Waals surface area (Å²) >= 11 is 0. The Hall–Kier alpha value is -4.51. The maximum Gasteiger partial charge on any atom is -0.00820 e. The molecule has 0 saturated carbocycles. The van der Waals surface area contributed by atoms with E-state index in [9.17, 15) is 0 Å². The summed E-state index contributed by atoms with van der Waals surface area (Å²) in [4.78, 5) is 0. The zero-order chi connectivity index (χ0) is 32.3. The summed E-state index contributed by atoms with van der Waals surface area (Å²) < 4.78 is 0. The van der Waals surface area contributed by atoms with E-state index in [4.69, 9.17) is 0 Å². The third-order valence-corrected chi connectivity index (χ3v) is 11.3. The van der Waals surface area contributed by atoms with Gasteiger partial charge in [-0.1, -0.05) is 160 Å². The van der Waals surface area contributed by atoms with Gasteiger partial charge in [0.15, 0.2) is 0 Å². The van der Waals surface area contributed by atoms with Crippen molar-refractivity contribution in [2.45, 2.75) is 46.0 Å². The molecule has 0 radical (unpaired) electrons. The van der Waals surface area contributed by atoms with Gasteiger partial charge in [0.25, 0.3) is 0 Å². The van der Waals surface area contributed by atoms with Crippen LogP contribution in [-0.2, 0) is 0 Å². The summed E-state index contributed by atoms with van der Waals surface area (Å²) in [5.74, 6) is 0. The standard InChI is InChI=1S/C45H45P/c1-6-8-12-21-34(3)45-35(4)22-13-11-16-29-42(43-30-17-18-31-44(43)45)39-25-19-23-37(32-39)38-24-20-28-41(33-38)46(36(5)7-2)40-26-14-9-10-15-27-40/h6,8-14,16-19,21-27,30-33H,1,4-5,7,15,20,28-29H2,2-3H3/b12-8-,16-11-,22-13-,34-21+,43-42+,45-44-. The molecule has 3 aliphatic rings. The highest BCUT2D eigenvalue weighted by Gasteiger charge is 2.22. The van der Waals surface area contributed by atoms with Crippen LogP contribution >= 0.6 is 7.92 Å². The Bertz CT molecular complexity index is 1920. The van der Waals surface area contributed by atoms with Gasteiger partial charge in [0.1, 0.15) is 0 Å². The SMILES string of the molecule is C=C\C=C/C=C(C)/C1=c2\cccc\c2=C(/c2cccc(C3=CCCC(P(C(=C)CC)C4=CCC=CC=C4)=C3)c2)C/C=C\C=C/C1=C.